The summed E-state index contributed by atoms with van der Waals surface area (Å²) in [5.41, 5.74) is 0. The van der Waals surface area contributed by atoms with Crippen LogP contribution in [-0.4, -0.2) is 81.7 Å². The van der Waals surface area contributed by atoms with Gasteiger partial charge in [-0.15, -0.1) is 35.3 Å². The summed E-state index contributed by atoms with van der Waals surface area (Å²) < 4.78 is 5.50. The monoisotopic (exact) mass is 452 g/mol. The Balaban J connectivity index is 0.00000264. The van der Waals surface area contributed by atoms with Gasteiger partial charge in [0.1, 0.15) is 0 Å². The molecule has 2 heterocycles. The number of hydrogen-bond acceptors (Lipinski definition) is 4. The SMILES string of the molecule is Cc1ccc(C(CN=C(N(C)C)N(C)C)N2CCOCC2)s1.I. The summed E-state index contributed by atoms with van der Waals surface area (Å²) in [6.07, 6.45) is 0. The first kappa shape index (κ1) is 20.7. The van der Waals surface area contributed by atoms with Crippen LogP contribution in [0.25, 0.3) is 0 Å². The number of rotatable bonds is 4. The van der Waals surface area contributed by atoms with Gasteiger partial charge in [-0.25, -0.2) is 0 Å². The molecule has 132 valence electrons. The number of aliphatic imine (C=N–C) groups is 1. The molecule has 0 aromatic carbocycles. The lowest BCUT2D eigenvalue weighted by molar-refractivity contribution is 0.0186. The number of thiophene rings is 1. The van der Waals surface area contributed by atoms with Gasteiger partial charge in [0.25, 0.3) is 0 Å². The average Bonchev–Trinajstić information content (AvgIpc) is 2.90. The average molecular weight is 452 g/mol. The highest BCUT2D eigenvalue weighted by molar-refractivity contribution is 14.0. The molecule has 1 fully saturated rings. The number of guanidine groups is 1. The van der Waals surface area contributed by atoms with Crippen LogP contribution in [0.5, 0.6) is 0 Å². The molecule has 23 heavy (non-hydrogen) atoms. The Morgan fingerprint density at radius 1 is 1.22 bits per heavy atom. The molecule has 1 aliphatic heterocycles. The predicted molar refractivity (Wildman–Crippen MR) is 109 cm³/mol. The molecule has 0 bridgehead atoms. The first-order chi connectivity index (χ1) is 10.5. The molecule has 0 N–H and O–H groups in total. The lowest BCUT2D eigenvalue weighted by Gasteiger charge is -2.33. The molecule has 0 radical (unpaired) electrons. The van der Waals surface area contributed by atoms with E-state index in [2.05, 4.69) is 33.8 Å². The third-order valence-electron chi connectivity index (χ3n) is 3.78. The minimum atomic E-state index is 0. The van der Waals surface area contributed by atoms with Crippen molar-refractivity contribution >= 4 is 41.3 Å². The van der Waals surface area contributed by atoms with Gasteiger partial charge >= 0.3 is 0 Å². The van der Waals surface area contributed by atoms with E-state index < -0.39 is 0 Å². The zero-order chi connectivity index (χ0) is 16.1. The summed E-state index contributed by atoms with van der Waals surface area (Å²) in [7, 11) is 8.16. The van der Waals surface area contributed by atoms with Crippen LogP contribution in [-0.2, 0) is 4.74 Å². The smallest absolute Gasteiger partial charge is 0.195 e. The van der Waals surface area contributed by atoms with Crippen molar-refractivity contribution in [3.8, 4) is 0 Å². The van der Waals surface area contributed by atoms with Gasteiger partial charge in [-0.1, -0.05) is 0 Å². The van der Waals surface area contributed by atoms with Crippen molar-refractivity contribution in [3.05, 3.63) is 21.9 Å². The zero-order valence-corrected chi connectivity index (χ0v) is 17.9. The van der Waals surface area contributed by atoms with Crippen LogP contribution in [0.3, 0.4) is 0 Å². The molecule has 0 spiro atoms. The molecule has 0 amide bonds. The lowest BCUT2D eigenvalue weighted by Crippen LogP contribution is -2.41. The Morgan fingerprint density at radius 2 is 1.83 bits per heavy atom. The Morgan fingerprint density at radius 3 is 2.30 bits per heavy atom. The van der Waals surface area contributed by atoms with E-state index in [4.69, 9.17) is 9.73 Å². The van der Waals surface area contributed by atoms with E-state index in [1.54, 1.807) is 0 Å². The standard InChI is InChI=1S/C16H28N4OS.HI/c1-13-6-7-15(22-13)14(20-8-10-21-11-9-20)12-17-16(18(2)3)19(4)5;/h6-7,14H,8-12H2,1-5H3;1H. The highest BCUT2D eigenvalue weighted by Crippen LogP contribution is 2.28. The molecule has 1 aromatic heterocycles. The first-order valence-corrected chi connectivity index (χ1v) is 8.58. The molecule has 2 rings (SSSR count). The van der Waals surface area contributed by atoms with Gasteiger partial charge in [0, 0.05) is 51.0 Å². The van der Waals surface area contributed by atoms with Gasteiger partial charge in [0.05, 0.1) is 25.8 Å². The van der Waals surface area contributed by atoms with Gasteiger partial charge < -0.3 is 14.5 Å². The molecular formula is C16H29IN4OS. The number of nitrogens with zero attached hydrogens (tertiary/aromatic N) is 4. The molecule has 1 unspecified atom stereocenters. The van der Waals surface area contributed by atoms with Crippen molar-refractivity contribution in [3.63, 3.8) is 0 Å². The number of halogens is 1. The largest absolute Gasteiger partial charge is 0.379 e. The summed E-state index contributed by atoms with van der Waals surface area (Å²) in [6.45, 7) is 6.55. The number of hydrogen-bond donors (Lipinski definition) is 0. The van der Waals surface area contributed by atoms with Crippen LogP contribution >= 0.6 is 35.3 Å². The Labute approximate surface area is 161 Å². The highest BCUT2D eigenvalue weighted by atomic mass is 127. The van der Waals surface area contributed by atoms with Gasteiger partial charge in [-0.05, 0) is 19.1 Å². The van der Waals surface area contributed by atoms with Crippen LogP contribution < -0.4 is 0 Å². The molecule has 1 saturated heterocycles. The maximum absolute atomic E-state index is 5.50. The molecule has 1 atom stereocenters. The molecule has 7 heteroatoms. The number of aryl methyl sites for hydroxylation is 1. The van der Waals surface area contributed by atoms with E-state index in [1.807, 2.05) is 39.5 Å². The summed E-state index contributed by atoms with van der Waals surface area (Å²) in [6, 6.07) is 4.80. The lowest BCUT2D eigenvalue weighted by atomic mass is 10.2. The third kappa shape index (κ3) is 5.88. The number of morpholine rings is 1. The molecule has 1 aliphatic rings. The van der Waals surface area contributed by atoms with Gasteiger partial charge in [0.2, 0.25) is 0 Å². The summed E-state index contributed by atoms with van der Waals surface area (Å²) >= 11 is 1.88. The van der Waals surface area contributed by atoms with Gasteiger partial charge in [-0.2, -0.15) is 0 Å². The number of ether oxygens (including phenoxy) is 1. The molecule has 1 aromatic rings. The maximum atomic E-state index is 5.50. The first-order valence-electron chi connectivity index (χ1n) is 7.76. The predicted octanol–water partition coefficient (Wildman–Crippen LogP) is 2.53. The van der Waals surface area contributed by atoms with Crippen molar-refractivity contribution in [2.45, 2.75) is 13.0 Å². The van der Waals surface area contributed by atoms with E-state index in [0.717, 1.165) is 38.8 Å². The van der Waals surface area contributed by atoms with Crippen molar-refractivity contribution in [1.29, 1.82) is 0 Å². The van der Waals surface area contributed by atoms with E-state index in [0.29, 0.717) is 6.04 Å². The topological polar surface area (TPSA) is 31.3 Å². The van der Waals surface area contributed by atoms with Crippen molar-refractivity contribution in [2.24, 2.45) is 4.99 Å². The molecule has 0 aliphatic carbocycles. The molecule has 5 nitrogen and oxygen atoms in total. The fourth-order valence-electron chi connectivity index (χ4n) is 2.76. The Bertz CT molecular complexity index is 488. The third-order valence-corrected chi connectivity index (χ3v) is 4.88. The fourth-order valence-corrected chi connectivity index (χ4v) is 3.76. The highest BCUT2D eigenvalue weighted by Gasteiger charge is 2.24. The van der Waals surface area contributed by atoms with Gasteiger partial charge in [0.15, 0.2) is 5.96 Å². The van der Waals surface area contributed by atoms with Crippen molar-refractivity contribution < 1.29 is 4.74 Å². The summed E-state index contributed by atoms with van der Waals surface area (Å²) in [5, 5.41) is 0. The van der Waals surface area contributed by atoms with E-state index in [9.17, 15) is 0 Å². The molecular weight excluding hydrogens is 423 g/mol. The van der Waals surface area contributed by atoms with Crippen LogP contribution in [0.2, 0.25) is 0 Å². The quantitative estimate of drug-likeness (QED) is 0.399. The summed E-state index contributed by atoms with van der Waals surface area (Å²) in [4.78, 5) is 14.3. The normalized spacial score (nSPS) is 16.4. The van der Waals surface area contributed by atoms with E-state index >= 15 is 0 Å². The van der Waals surface area contributed by atoms with Crippen LogP contribution in [0.4, 0.5) is 0 Å². The second-order valence-electron chi connectivity index (χ2n) is 6.04. The second kappa shape index (κ2) is 9.80. The van der Waals surface area contributed by atoms with Crippen molar-refractivity contribution in [2.75, 3.05) is 61.0 Å². The molecule has 0 saturated carbocycles. The summed E-state index contributed by atoms with van der Waals surface area (Å²) in [5.74, 6) is 1.01. The van der Waals surface area contributed by atoms with E-state index in [1.165, 1.54) is 9.75 Å². The zero-order valence-electron chi connectivity index (χ0n) is 14.8. The van der Waals surface area contributed by atoms with Crippen LogP contribution in [0.15, 0.2) is 17.1 Å². The Hall–Kier alpha value is -0.380. The van der Waals surface area contributed by atoms with E-state index in [-0.39, 0.29) is 24.0 Å². The Kier molecular flexibility index (Phi) is 8.81. The van der Waals surface area contributed by atoms with Crippen LogP contribution in [0.1, 0.15) is 15.8 Å². The minimum Gasteiger partial charge on any atom is -0.379 e. The minimum absolute atomic E-state index is 0. The van der Waals surface area contributed by atoms with Crippen LogP contribution in [0, 0.1) is 6.92 Å². The van der Waals surface area contributed by atoms with Gasteiger partial charge in [-0.3, -0.25) is 9.89 Å². The second-order valence-corrected chi connectivity index (χ2v) is 7.36. The fraction of sp³-hybridized carbons (Fsp3) is 0.688. The maximum Gasteiger partial charge on any atom is 0.195 e. The van der Waals surface area contributed by atoms with Crippen molar-refractivity contribution in [1.82, 2.24) is 14.7 Å².